The zero-order valence-electron chi connectivity index (χ0n) is 17.3. The summed E-state index contributed by atoms with van der Waals surface area (Å²) in [4.78, 5) is 0. The molecular weight excluding hydrogens is 304 g/mol. The maximum absolute atomic E-state index is 5.67. The highest BCUT2D eigenvalue weighted by molar-refractivity contribution is 5.24. The van der Waals surface area contributed by atoms with Crippen LogP contribution in [0, 0.1) is 46.3 Å². The molecule has 0 bridgehead atoms. The van der Waals surface area contributed by atoms with Crippen LogP contribution in [0.5, 0.6) is 0 Å². The van der Waals surface area contributed by atoms with E-state index < -0.39 is 0 Å². The van der Waals surface area contributed by atoms with Crippen LogP contribution in [0.25, 0.3) is 0 Å². The van der Waals surface area contributed by atoms with Gasteiger partial charge in [-0.25, -0.2) is 0 Å². The first-order chi connectivity index (χ1) is 12.0. The van der Waals surface area contributed by atoms with Gasteiger partial charge in [0, 0.05) is 0 Å². The quantitative estimate of drug-likeness (QED) is 0.506. The van der Waals surface area contributed by atoms with E-state index in [1.54, 1.807) is 12.0 Å². The monoisotopic (exact) mass is 344 g/mol. The van der Waals surface area contributed by atoms with Crippen LogP contribution in [-0.4, -0.2) is 6.61 Å². The lowest BCUT2D eigenvalue weighted by Gasteiger charge is -2.58. The molecule has 0 saturated heterocycles. The maximum atomic E-state index is 5.67. The van der Waals surface area contributed by atoms with Gasteiger partial charge in [-0.2, -0.15) is 0 Å². The molecule has 5 aliphatic rings. The van der Waals surface area contributed by atoms with Crippen molar-refractivity contribution in [3.63, 3.8) is 0 Å². The molecule has 4 fully saturated rings. The number of rotatable bonds is 1. The van der Waals surface area contributed by atoms with Crippen molar-refractivity contribution in [3.8, 4) is 0 Å². The van der Waals surface area contributed by atoms with Crippen molar-refractivity contribution in [1.82, 2.24) is 0 Å². The Hall–Kier alpha value is -0.460. The van der Waals surface area contributed by atoms with Gasteiger partial charge in [0.2, 0.25) is 0 Å². The molecule has 1 aliphatic heterocycles. The van der Waals surface area contributed by atoms with Crippen LogP contribution < -0.4 is 0 Å². The molecule has 0 amide bonds. The maximum Gasteiger partial charge on any atom is 0.0881 e. The van der Waals surface area contributed by atoms with Gasteiger partial charge >= 0.3 is 0 Å². The fraction of sp³-hybridized carbons (Fsp3) is 0.917. The van der Waals surface area contributed by atoms with Gasteiger partial charge < -0.3 is 4.74 Å². The second-order valence-corrected chi connectivity index (χ2v) is 10.4. The molecular formula is C24H40O. The van der Waals surface area contributed by atoms with Crippen molar-refractivity contribution in [2.75, 3.05) is 6.61 Å². The van der Waals surface area contributed by atoms with E-state index in [2.05, 4.69) is 40.9 Å². The SMILES string of the molecule is CC1C2CC2C2C3CCC4=COCCC4(C)C3CCC12C.CCCC. The summed E-state index contributed by atoms with van der Waals surface area (Å²) in [6.07, 6.45) is 13.4. The van der Waals surface area contributed by atoms with E-state index in [9.17, 15) is 0 Å². The molecule has 4 saturated carbocycles. The summed E-state index contributed by atoms with van der Waals surface area (Å²) >= 11 is 0. The summed E-state index contributed by atoms with van der Waals surface area (Å²) < 4.78 is 5.67. The first kappa shape index (κ1) is 17.9. The topological polar surface area (TPSA) is 9.23 Å². The summed E-state index contributed by atoms with van der Waals surface area (Å²) in [5.41, 5.74) is 2.80. The minimum atomic E-state index is 0.471. The second kappa shape index (κ2) is 6.31. The summed E-state index contributed by atoms with van der Waals surface area (Å²) in [5, 5.41) is 0. The molecule has 0 N–H and O–H groups in total. The van der Waals surface area contributed by atoms with E-state index in [-0.39, 0.29) is 0 Å². The normalized spacial score (nSPS) is 52.3. The largest absolute Gasteiger partial charge is 0.501 e. The zero-order valence-corrected chi connectivity index (χ0v) is 17.3. The predicted octanol–water partition coefficient (Wildman–Crippen LogP) is 6.83. The number of unbranched alkanes of at least 4 members (excludes halogenated alkanes) is 1. The lowest BCUT2D eigenvalue weighted by molar-refractivity contribution is -0.0714. The van der Waals surface area contributed by atoms with E-state index >= 15 is 0 Å². The van der Waals surface area contributed by atoms with E-state index in [1.807, 2.05) is 0 Å². The molecule has 4 aliphatic carbocycles. The third kappa shape index (κ3) is 2.54. The first-order valence-electron chi connectivity index (χ1n) is 11.3. The third-order valence-corrected chi connectivity index (χ3v) is 9.53. The summed E-state index contributed by atoms with van der Waals surface area (Å²) in [5.74, 6) is 6.21. The highest BCUT2D eigenvalue weighted by atomic mass is 16.5. The van der Waals surface area contributed by atoms with Gasteiger partial charge in [0.1, 0.15) is 0 Å². The van der Waals surface area contributed by atoms with Crippen LogP contribution in [0.4, 0.5) is 0 Å². The molecule has 8 atom stereocenters. The van der Waals surface area contributed by atoms with E-state index in [1.165, 1.54) is 44.9 Å². The standard InChI is InChI=1S/C20H30O.C4H10/c1-12-15-10-16(15)18-14-5-4-13-11-21-9-8-20(13,3)17(14)6-7-19(12,18)2;1-3-4-2/h11-12,14-18H,4-10H2,1-3H3;3-4H2,1-2H3. The van der Waals surface area contributed by atoms with Gasteiger partial charge in [0.15, 0.2) is 0 Å². The Morgan fingerprint density at radius 2 is 1.80 bits per heavy atom. The van der Waals surface area contributed by atoms with Crippen molar-refractivity contribution in [2.45, 2.75) is 86.0 Å². The van der Waals surface area contributed by atoms with Gasteiger partial charge in [-0.05, 0) is 90.4 Å². The summed E-state index contributed by atoms with van der Waals surface area (Å²) in [6, 6.07) is 0. The van der Waals surface area contributed by atoms with Crippen molar-refractivity contribution < 1.29 is 4.74 Å². The molecule has 0 aromatic heterocycles. The summed E-state index contributed by atoms with van der Waals surface area (Å²) in [7, 11) is 0. The lowest BCUT2D eigenvalue weighted by Crippen LogP contribution is -2.51. The number of fused-ring (bicyclic) bond motifs is 7. The van der Waals surface area contributed by atoms with E-state index in [0.29, 0.717) is 10.8 Å². The van der Waals surface area contributed by atoms with Gasteiger partial charge in [-0.15, -0.1) is 0 Å². The highest BCUT2D eigenvalue weighted by Gasteiger charge is 2.68. The van der Waals surface area contributed by atoms with Crippen LogP contribution >= 0.6 is 0 Å². The molecule has 5 rings (SSSR count). The Bertz CT molecular complexity index is 534. The van der Waals surface area contributed by atoms with E-state index in [0.717, 1.165) is 42.1 Å². The average Bonchev–Trinajstić information content (AvgIpc) is 3.36. The minimum Gasteiger partial charge on any atom is -0.501 e. The van der Waals surface area contributed by atoms with Crippen molar-refractivity contribution in [3.05, 3.63) is 11.8 Å². The highest BCUT2D eigenvalue weighted by Crippen LogP contribution is 2.75. The van der Waals surface area contributed by atoms with Crippen LogP contribution in [0.1, 0.15) is 86.0 Å². The first-order valence-corrected chi connectivity index (χ1v) is 11.3. The minimum absolute atomic E-state index is 0.471. The van der Waals surface area contributed by atoms with Gasteiger partial charge in [0.05, 0.1) is 12.9 Å². The lowest BCUT2D eigenvalue weighted by atomic mass is 9.47. The van der Waals surface area contributed by atoms with Crippen LogP contribution in [0.2, 0.25) is 0 Å². The second-order valence-electron chi connectivity index (χ2n) is 10.4. The van der Waals surface area contributed by atoms with Crippen molar-refractivity contribution in [2.24, 2.45) is 46.3 Å². The van der Waals surface area contributed by atoms with Crippen LogP contribution in [0.3, 0.4) is 0 Å². The van der Waals surface area contributed by atoms with Crippen molar-refractivity contribution >= 4 is 0 Å². The average molecular weight is 345 g/mol. The Labute approximate surface area is 156 Å². The molecule has 1 heteroatoms. The van der Waals surface area contributed by atoms with Crippen molar-refractivity contribution in [1.29, 1.82) is 0 Å². The molecule has 8 unspecified atom stereocenters. The van der Waals surface area contributed by atoms with Gasteiger partial charge in [0.25, 0.3) is 0 Å². The third-order valence-electron chi connectivity index (χ3n) is 9.53. The Morgan fingerprint density at radius 1 is 1.04 bits per heavy atom. The number of hydrogen-bond donors (Lipinski definition) is 0. The van der Waals surface area contributed by atoms with Crippen LogP contribution in [-0.2, 0) is 4.74 Å². The Kier molecular flexibility index (Phi) is 4.52. The van der Waals surface area contributed by atoms with E-state index in [4.69, 9.17) is 4.74 Å². The summed E-state index contributed by atoms with van der Waals surface area (Å²) in [6.45, 7) is 13.1. The molecule has 0 radical (unpaired) electrons. The molecule has 0 spiro atoms. The molecule has 0 aromatic carbocycles. The molecule has 25 heavy (non-hydrogen) atoms. The predicted molar refractivity (Wildman–Crippen MR) is 105 cm³/mol. The Balaban J connectivity index is 0.000000358. The number of ether oxygens (including phenoxy) is 1. The molecule has 142 valence electrons. The zero-order chi connectivity index (χ0) is 17.8. The fourth-order valence-electron chi connectivity index (χ4n) is 7.62. The van der Waals surface area contributed by atoms with Gasteiger partial charge in [-0.3, -0.25) is 0 Å². The smallest absolute Gasteiger partial charge is 0.0881 e. The number of allylic oxidation sites excluding steroid dienone is 1. The van der Waals surface area contributed by atoms with Gasteiger partial charge in [-0.1, -0.05) is 47.5 Å². The molecule has 0 aromatic rings. The van der Waals surface area contributed by atoms with Crippen LogP contribution in [0.15, 0.2) is 11.8 Å². The number of hydrogen-bond acceptors (Lipinski definition) is 1. The molecule has 1 nitrogen and oxygen atoms in total. The Morgan fingerprint density at radius 3 is 2.52 bits per heavy atom. The fourth-order valence-corrected chi connectivity index (χ4v) is 7.62. The molecule has 1 heterocycles.